The van der Waals surface area contributed by atoms with E-state index in [9.17, 15) is 0 Å². The van der Waals surface area contributed by atoms with E-state index in [-0.39, 0.29) is 0 Å². The lowest BCUT2D eigenvalue weighted by atomic mass is 10.1. The minimum Gasteiger partial charge on any atom is -0.456 e. The number of hydrogen-bond acceptors (Lipinski definition) is 2. The number of hydrogen-bond donors (Lipinski definition) is 1. The highest BCUT2D eigenvalue weighted by atomic mass is 35.5. The third-order valence-corrected chi connectivity index (χ3v) is 3.29. The molecule has 0 radical (unpaired) electrons. The fraction of sp³-hybridized carbons (Fsp3) is 0.250. The summed E-state index contributed by atoms with van der Waals surface area (Å²) in [5.41, 5.74) is 3.60. The van der Waals surface area contributed by atoms with Crippen molar-refractivity contribution in [2.45, 2.75) is 20.4 Å². The maximum absolute atomic E-state index is 6.17. The van der Waals surface area contributed by atoms with Crippen LogP contribution in [0.2, 0.25) is 5.02 Å². The predicted octanol–water partition coefficient (Wildman–Crippen LogP) is 4.47. The van der Waals surface area contributed by atoms with Crippen molar-refractivity contribution in [1.29, 1.82) is 0 Å². The van der Waals surface area contributed by atoms with E-state index in [0.717, 1.165) is 17.9 Å². The molecular weight excluding hydrogens is 258 g/mol. The van der Waals surface area contributed by atoms with Gasteiger partial charge in [-0.15, -0.1) is 0 Å². The Morgan fingerprint density at radius 2 is 1.89 bits per heavy atom. The predicted molar refractivity (Wildman–Crippen MR) is 80.2 cm³/mol. The normalized spacial score (nSPS) is 10.5. The Kier molecular flexibility index (Phi) is 4.46. The van der Waals surface area contributed by atoms with Crippen LogP contribution in [0.5, 0.6) is 11.5 Å². The van der Waals surface area contributed by atoms with Crippen molar-refractivity contribution in [3.05, 3.63) is 58.1 Å². The first-order chi connectivity index (χ1) is 9.10. The van der Waals surface area contributed by atoms with Gasteiger partial charge in [0.1, 0.15) is 11.5 Å². The van der Waals surface area contributed by atoms with Gasteiger partial charge in [0.25, 0.3) is 0 Å². The SMILES string of the molecule is CNCc1ccc(Oc2ccc(C)cc2Cl)cc1C. The first-order valence-corrected chi connectivity index (χ1v) is 6.66. The standard InChI is InChI=1S/C16H18ClNO/c1-11-4-7-16(15(17)8-11)19-14-6-5-13(10-18-3)12(2)9-14/h4-9,18H,10H2,1-3H3. The van der Waals surface area contributed by atoms with Crippen LogP contribution in [0.4, 0.5) is 0 Å². The molecule has 19 heavy (non-hydrogen) atoms. The topological polar surface area (TPSA) is 21.3 Å². The molecule has 0 aromatic heterocycles. The summed E-state index contributed by atoms with van der Waals surface area (Å²) in [4.78, 5) is 0. The van der Waals surface area contributed by atoms with Gasteiger partial charge in [0.15, 0.2) is 0 Å². The largest absolute Gasteiger partial charge is 0.456 e. The molecule has 2 aromatic carbocycles. The zero-order valence-corrected chi connectivity index (χ0v) is 12.2. The van der Waals surface area contributed by atoms with Gasteiger partial charge in [-0.2, -0.15) is 0 Å². The molecule has 3 heteroatoms. The number of halogens is 1. The third-order valence-electron chi connectivity index (χ3n) is 3.00. The summed E-state index contributed by atoms with van der Waals surface area (Å²) in [7, 11) is 1.94. The van der Waals surface area contributed by atoms with Crippen molar-refractivity contribution in [1.82, 2.24) is 5.32 Å². The van der Waals surface area contributed by atoms with E-state index in [1.54, 1.807) is 0 Å². The molecule has 0 fully saturated rings. The molecule has 0 atom stereocenters. The van der Waals surface area contributed by atoms with E-state index in [0.29, 0.717) is 10.8 Å². The summed E-state index contributed by atoms with van der Waals surface area (Å²) in [6, 6.07) is 11.9. The number of aryl methyl sites for hydroxylation is 2. The van der Waals surface area contributed by atoms with Crippen molar-refractivity contribution in [2.75, 3.05) is 7.05 Å². The molecule has 0 aliphatic heterocycles. The summed E-state index contributed by atoms with van der Waals surface area (Å²) in [5.74, 6) is 1.50. The van der Waals surface area contributed by atoms with Crippen LogP contribution in [-0.4, -0.2) is 7.05 Å². The average molecular weight is 276 g/mol. The Balaban J connectivity index is 2.21. The van der Waals surface area contributed by atoms with Gasteiger partial charge in [-0.1, -0.05) is 23.7 Å². The molecule has 0 aliphatic rings. The van der Waals surface area contributed by atoms with Gasteiger partial charge in [0.2, 0.25) is 0 Å². The molecule has 2 nitrogen and oxygen atoms in total. The highest BCUT2D eigenvalue weighted by Crippen LogP contribution is 2.30. The van der Waals surface area contributed by atoms with Crippen molar-refractivity contribution < 1.29 is 4.74 Å². The van der Waals surface area contributed by atoms with Gasteiger partial charge < -0.3 is 10.1 Å². The van der Waals surface area contributed by atoms with E-state index < -0.39 is 0 Å². The molecule has 2 rings (SSSR count). The highest BCUT2D eigenvalue weighted by molar-refractivity contribution is 6.32. The van der Waals surface area contributed by atoms with Crippen LogP contribution < -0.4 is 10.1 Å². The second-order valence-electron chi connectivity index (χ2n) is 4.65. The maximum atomic E-state index is 6.17. The fourth-order valence-electron chi connectivity index (χ4n) is 1.94. The average Bonchev–Trinajstić information content (AvgIpc) is 2.36. The molecule has 0 spiro atoms. The quantitative estimate of drug-likeness (QED) is 0.889. The number of ether oxygens (including phenoxy) is 1. The molecule has 100 valence electrons. The molecule has 2 aromatic rings. The lowest BCUT2D eigenvalue weighted by Gasteiger charge is -2.11. The van der Waals surface area contributed by atoms with E-state index in [1.807, 2.05) is 44.3 Å². The molecule has 0 saturated carbocycles. The Bertz CT molecular complexity index is 581. The lowest BCUT2D eigenvalue weighted by Crippen LogP contribution is -2.06. The van der Waals surface area contributed by atoms with Crippen LogP contribution in [0.25, 0.3) is 0 Å². The van der Waals surface area contributed by atoms with Crippen LogP contribution in [-0.2, 0) is 6.54 Å². The summed E-state index contributed by atoms with van der Waals surface area (Å²) >= 11 is 6.17. The monoisotopic (exact) mass is 275 g/mol. The lowest BCUT2D eigenvalue weighted by molar-refractivity contribution is 0.482. The Morgan fingerprint density at radius 3 is 2.53 bits per heavy atom. The first-order valence-electron chi connectivity index (χ1n) is 6.28. The van der Waals surface area contributed by atoms with Crippen molar-refractivity contribution in [3.63, 3.8) is 0 Å². The van der Waals surface area contributed by atoms with Gasteiger partial charge in [0.05, 0.1) is 5.02 Å². The van der Waals surface area contributed by atoms with Crippen molar-refractivity contribution >= 4 is 11.6 Å². The number of benzene rings is 2. The Labute approximate surface area is 119 Å². The Morgan fingerprint density at radius 1 is 1.11 bits per heavy atom. The summed E-state index contributed by atoms with van der Waals surface area (Å²) in [5, 5.41) is 3.78. The van der Waals surface area contributed by atoms with Gasteiger partial charge in [-0.3, -0.25) is 0 Å². The van der Waals surface area contributed by atoms with E-state index >= 15 is 0 Å². The maximum Gasteiger partial charge on any atom is 0.146 e. The fourth-order valence-corrected chi connectivity index (χ4v) is 2.21. The van der Waals surface area contributed by atoms with Crippen LogP contribution in [0.3, 0.4) is 0 Å². The van der Waals surface area contributed by atoms with Crippen molar-refractivity contribution in [2.24, 2.45) is 0 Å². The van der Waals surface area contributed by atoms with Crippen LogP contribution >= 0.6 is 11.6 Å². The minimum atomic E-state index is 0.636. The van der Waals surface area contributed by atoms with E-state index in [1.165, 1.54) is 11.1 Å². The van der Waals surface area contributed by atoms with Gasteiger partial charge in [-0.25, -0.2) is 0 Å². The van der Waals surface area contributed by atoms with Crippen molar-refractivity contribution in [3.8, 4) is 11.5 Å². The second kappa shape index (κ2) is 6.09. The van der Waals surface area contributed by atoms with Crippen LogP contribution in [0, 0.1) is 13.8 Å². The summed E-state index contributed by atoms with van der Waals surface area (Å²) < 4.78 is 5.83. The molecule has 0 bridgehead atoms. The molecular formula is C16H18ClNO. The minimum absolute atomic E-state index is 0.636. The molecule has 0 amide bonds. The van der Waals surface area contributed by atoms with Gasteiger partial charge >= 0.3 is 0 Å². The molecule has 0 unspecified atom stereocenters. The van der Waals surface area contributed by atoms with E-state index in [2.05, 4.69) is 18.3 Å². The van der Waals surface area contributed by atoms with Gasteiger partial charge in [-0.05, 0) is 61.9 Å². The van der Waals surface area contributed by atoms with Crippen LogP contribution in [0.15, 0.2) is 36.4 Å². The number of nitrogens with one attached hydrogen (secondary N) is 1. The zero-order chi connectivity index (χ0) is 13.8. The summed E-state index contributed by atoms with van der Waals surface area (Å²) in [6.07, 6.45) is 0. The zero-order valence-electron chi connectivity index (χ0n) is 11.5. The van der Waals surface area contributed by atoms with E-state index in [4.69, 9.17) is 16.3 Å². The molecule has 1 N–H and O–H groups in total. The molecule has 0 heterocycles. The highest BCUT2D eigenvalue weighted by Gasteiger charge is 2.05. The summed E-state index contributed by atoms with van der Waals surface area (Å²) in [6.45, 7) is 4.94. The first kappa shape index (κ1) is 13.9. The van der Waals surface area contributed by atoms with Crippen LogP contribution in [0.1, 0.15) is 16.7 Å². The van der Waals surface area contributed by atoms with Gasteiger partial charge in [0, 0.05) is 6.54 Å². The molecule has 0 aliphatic carbocycles. The second-order valence-corrected chi connectivity index (χ2v) is 5.06. The number of rotatable bonds is 4. The third kappa shape index (κ3) is 3.49. The smallest absolute Gasteiger partial charge is 0.146 e. The Hall–Kier alpha value is -1.51. The molecule has 0 saturated heterocycles.